The zero-order valence-corrected chi connectivity index (χ0v) is 3.70. The first-order valence-corrected chi connectivity index (χ1v) is 1.74. The minimum atomic E-state index is 0.274. The van der Waals surface area contributed by atoms with Crippen LogP contribution >= 0.6 is 0 Å². The summed E-state index contributed by atoms with van der Waals surface area (Å²) in [6.07, 6.45) is 0. The lowest BCUT2D eigenvalue weighted by Crippen LogP contribution is -2.08. The second-order valence-corrected chi connectivity index (χ2v) is 0.876. The lowest BCUT2D eigenvalue weighted by molar-refractivity contribution is 0.175. The predicted molar refractivity (Wildman–Crippen MR) is 21.0 cm³/mol. The number of nitrogens with one attached hydrogen (secondary N) is 1. The summed E-state index contributed by atoms with van der Waals surface area (Å²) in [6, 6.07) is 0. The van der Waals surface area contributed by atoms with E-state index >= 15 is 0 Å². The van der Waals surface area contributed by atoms with E-state index in [0.29, 0.717) is 6.61 Å². The average molecular weight is 93.1 g/mol. The molecule has 0 bridgehead atoms. The Labute approximate surface area is 36.2 Å². The summed E-state index contributed by atoms with van der Waals surface area (Å²) < 4.78 is 15.3. The van der Waals surface area contributed by atoms with Gasteiger partial charge in [-0.2, -0.15) is 5.54 Å². The molecule has 0 aromatic heterocycles. The van der Waals surface area contributed by atoms with Gasteiger partial charge in [0.2, 0.25) is 0 Å². The highest BCUT2D eigenvalue weighted by molar-refractivity contribution is 4.24. The van der Waals surface area contributed by atoms with Gasteiger partial charge in [-0.25, -0.2) is 0 Å². The molecule has 6 heavy (non-hydrogen) atoms. The van der Waals surface area contributed by atoms with E-state index in [1.807, 2.05) is 0 Å². The Balaban J connectivity index is 2.34. The summed E-state index contributed by atoms with van der Waals surface area (Å²) >= 11 is 0. The monoisotopic (exact) mass is 93.1 g/mol. The average Bonchev–Trinajstić information content (AvgIpc) is 1.61. The maximum absolute atomic E-state index is 10.9. The van der Waals surface area contributed by atoms with E-state index < -0.39 is 0 Å². The lowest BCUT2D eigenvalue weighted by Gasteiger charge is -1.89. The molecule has 0 fully saturated rings. The van der Waals surface area contributed by atoms with Gasteiger partial charge < -0.3 is 4.74 Å². The summed E-state index contributed by atoms with van der Waals surface area (Å²) in [7, 11) is 1.53. The summed E-state index contributed by atoms with van der Waals surface area (Å²) in [4.78, 5) is 0. The number of rotatable bonds is 3. The van der Waals surface area contributed by atoms with Crippen LogP contribution in [-0.2, 0) is 4.74 Å². The van der Waals surface area contributed by atoms with Gasteiger partial charge >= 0.3 is 0 Å². The smallest absolute Gasteiger partial charge is 0.0613 e. The molecule has 0 aliphatic carbocycles. The zero-order chi connectivity index (χ0) is 4.83. The van der Waals surface area contributed by atoms with Crippen molar-refractivity contribution in [2.75, 3.05) is 20.3 Å². The number of methoxy groups -OCH3 is 1. The molecular formula is C3H8FNO. The second-order valence-electron chi connectivity index (χ2n) is 0.876. The van der Waals surface area contributed by atoms with E-state index in [0.717, 1.165) is 0 Å². The Hall–Kier alpha value is -0.150. The number of hydrogen-bond acceptors (Lipinski definition) is 2. The van der Waals surface area contributed by atoms with Gasteiger partial charge in [-0.15, -0.1) is 4.48 Å². The summed E-state index contributed by atoms with van der Waals surface area (Å²) in [6.45, 7) is 0.701. The normalized spacial score (nSPS) is 9.00. The van der Waals surface area contributed by atoms with Gasteiger partial charge in [0.25, 0.3) is 0 Å². The fraction of sp³-hybridized carbons (Fsp3) is 1.00. The highest BCUT2D eigenvalue weighted by atomic mass is 19.2. The van der Waals surface area contributed by atoms with Gasteiger partial charge in [0.15, 0.2) is 0 Å². The Morgan fingerprint density at radius 1 is 1.83 bits per heavy atom. The number of hydrogen-bond donors (Lipinski definition) is 1. The molecule has 3 heteroatoms. The molecule has 1 N–H and O–H groups in total. The lowest BCUT2D eigenvalue weighted by atomic mass is 10.7. The van der Waals surface area contributed by atoms with Crippen LogP contribution < -0.4 is 5.54 Å². The molecule has 0 amide bonds. The van der Waals surface area contributed by atoms with Crippen LogP contribution in [0.1, 0.15) is 0 Å². The first-order valence-electron chi connectivity index (χ1n) is 1.74. The van der Waals surface area contributed by atoms with E-state index in [2.05, 4.69) is 4.74 Å². The van der Waals surface area contributed by atoms with E-state index in [1.165, 1.54) is 12.6 Å². The molecule has 0 aromatic rings. The third kappa shape index (κ3) is 3.85. The van der Waals surface area contributed by atoms with E-state index in [4.69, 9.17) is 0 Å². The van der Waals surface area contributed by atoms with Crippen LogP contribution in [0.15, 0.2) is 0 Å². The highest BCUT2D eigenvalue weighted by Crippen LogP contribution is 1.60. The Morgan fingerprint density at radius 2 is 2.50 bits per heavy atom. The summed E-state index contributed by atoms with van der Waals surface area (Å²) in [5.74, 6) is 0. The maximum atomic E-state index is 10.9. The first-order chi connectivity index (χ1) is 2.91. The molecular weight excluding hydrogens is 85.0 g/mol. The quantitative estimate of drug-likeness (QED) is 0.395. The van der Waals surface area contributed by atoms with Crippen molar-refractivity contribution in [1.29, 1.82) is 0 Å². The van der Waals surface area contributed by atoms with Gasteiger partial charge in [-0.05, 0) is 0 Å². The molecule has 0 spiro atoms. The number of ether oxygens (including phenoxy) is 1. The molecule has 0 unspecified atom stereocenters. The van der Waals surface area contributed by atoms with Crippen LogP contribution in [0.5, 0.6) is 0 Å². The van der Waals surface area contributed by atoms with E-state index in [9.17, 15) is 4.48 Å². The van der Waals surface area contributed by atoms with E-state index in [1.54, 1.807) is 0 Å². The van der Waals surface area contributed by atoms with Gasteiger partial charge in [0.1, 0.15) is 0 Å². The zero-order valence-electron chi connectivity index (χ0n) is 3.70. The van der Waals surface area contributed by atoms with Crippen molar-refractivity contribution in [3.05, 3.63) is 0 Å². The van der Waals surface area contributed by atoms with E-state index in [-0.39, 0.29) is 6.54 Å². The van der Waals surface area contributed by atoms with Crippen LogP contribution in [0.3, 0.4) is 0 Å². The van der Waals surface area contributed by atoms with Crippen molar-refractivity contribution in [3.63, 3.8) is 0 Å². The van der Waals surface area contributed by atoms with Crippen molar-refractivity contribution in [2.45, 2.75) is 0 Å². The van der Waals surface area contributed by atoms with Crippen LogP contribution in [-0.4, -0.2) is 20.3 Å². The largest absolute Gasteiger partial charge is 0.383 e. The summed E-state index contributed by atoms with van der Waals surface area (Å²) in [5, 5.41) is 0. The fourth-order valence-corrected chi connectivity index (χ4v) is 0.141. The van der Waals surface area contributed by atoms with Gasteiger partial charge in [-0.3, -0.25) is 0 Å². The molecule has 38 valence electrons. The predicted octanol–water partition coefficient (Wildman–Crippen LogP) is 0.107. The van der Waals surface area contributed by atoms with Crippen LogP contribution in [0.2, 0.25) is 0 Å². The maximum Gasteiger partial charge on any atom is 0.0613 e. The second kappa shape index (κ2) is 4.85. The minimum Gasteiger partial charge on any atom is -0.383 e. The SMILES string of the molecule is COCCNF. The molecule has 0 atom stereocenters. The van der Waals surface area contributed by atoms with Crippen molar-refractivity contribution in [2.24, 2.45) is 0 Å². The fourth-order valence-electron chi connectivity index (χ4n) is 0.141. The van der Waals surface area contributed by atoms with Crippen molar-refractivity contribution < 1.29 is 9.22 Å². The molecule has 0 saturated heterocycles. The summed E-state index contributed by atoms with van der Waals surface area (Å²) in [5.41, 5.74) is 1.44. The molecule has 0 aromatic carbocycles. The molecule has 0 aliphatic rings. The van der Waals surface area contributed by atoms with Crippen molar-refractivity contribution >= 4 is 0 Å². The molecule has 0 aliphatic heterocycles. The number of halogens is 1. The van der Waals surface area contributed by atoms with Gasteiger partial charge in [0.05, 0.1) is 6.61 Å². The topological polar surface area (TPSA) is 21.3 Å². The third-order valence-corrected chi connectivity index (χ3v) is 0.401. The standard InChI is InChI=1S/C3H8FNO/c1-6-3-2-5-4/h5H,2-3H2,1H3. The Bertz CT molecular complexity index is 22.8. The van der Waals surface area contributed by atoms with Gasteiger partial charge in [0, 0.05) is 13.7 Å². The van der Waals surface area contributed by atoms with Gasteiger partial charge in [-0.1, -0.05) is 0 Å². The molecule has 0 saturated carbocycles. The molecule has 0 radical (unpaired) electrons. The third-order valence-electron chi connectivity index (χ3n) is 0.401. The van der Waals surface area contributed by atoms with Crippen molar-refractivity contribution in [1.82, 2.24) is 5.54 Å². The first kappa shape index (κ1) is 5.85. The molecule has 2 nitrogen and oxygen atoms in total. The Morgan fingerprint density at radius 3 is 2.67 bits per heavy atom. The van der Waals surface area contributed by atoms with Crippen LogP contribution in [0, 0.1) is 0 Å². The molecule has 0 heterocycles. The van der Waals surface area contributed by atoms with Crippen LogP contribution in [0.4, 0.5) is 4.48 Å². The molecule has 0 rings (SSSR count). The Kier molecular flexibility index (Phi) is 4.73. The minimum absolute atomic E-state index is 0.274. The van der Waals surface area contributed by atoms with Crippen LogP contribution in [0.25, 0.3) is 0 Å². The van der Waals surface area contributed by atoms with Crippen molar-refractivity contribution in [3.8, 4) is 0 Å². The highest BCUT2D eigenvalue weighted by Gasteiger charge is 1.75.